The summed E-state index contributed by atoms with van der Waals surface area (Å²) in [5, 5.41) is 13.4. The van der Waals surface area contributed by atoms with Crippen LogP contribution in [0.5, 0.6) is 0 Å². The fourth-order valence-electron chi connectivity index (χ4n) is 4.67. The van der Waals surface area contributed by atoms with Gasteiger partial charge in [-0.25, -0.2) is 9.78 Å². The van der Waals surface area contributed by atoms with Crippen molar-refractivity contribution in [1.29, 1.82) is 0 Å². The number of benzene rings is 1. The molecule has 12 nitrogen and oxygen atoms in total. The molecule has 0 aromatic heterocycles. The van der Waals surface area contributed by atoms with Crippen LogP contribution in [0, 0.1) is 10.8 Å². The molecule has 1 aromatic rings. The van der Waals surface area contributed by atoms with E-state index in [0.717, 1.165) is 19.3 Å². The minimum Gasteiger partial charge on any atom is -0.481 e. The minimum absolute atomic E-state index is 0. The third-order valence-electron chi connectivity index (χ3n) is 7.96. The Morgan fingerprint density at radius 3 is 2.04 bits per heavy atom. The van der Waals surface area contributed by atoms with Crippen molar-refractivity contribution >= 4 is 29.6 Å². The van der Waals surface area contributed by atoms with Crippen molar-refractivity contribution in [3.8, 4) is 0 Å². The van der Waals surface area contributed by atoms with Gasteiger partial charge >= 0.3 is 5.97 Å². The highest BCUT2D eigenvalue weighted by Gasteiger charge is 2.50. The zero-order valence-corrected chi connectivity index (χ0v) is 28.4. The van der Waals surface area contributed by atoms with Gasteiger partial charge in [0.05, 0.1) is 42.3 Å². The number of carboxylic acid groups (broad SMARTS) is 1. The molecule has 2 heterocycles. The van der Waals surface area contributed by atoms with E-state index >= 15 is 0 Å². The van der Waals surface area contributed by atoms with Crippen LogP contribution in [0.25, 0.3) is 0 Å². The average molecular weight is 651 g/mol. The van der Waals surface area contributed by atoms with Crippen LogP contribution >= 0.6 is 0 Å². The summed E-state index contributed by atoms with van der Waals surface area (Å²) in [7, 11) is 1.69. The van der Waals surface area contributed by atoms with Gasteiger partial charge in [0.25, 0.3) is 11.8 Å². The Balaban J connectivity index is 0.00000114. The number of rotatable bonds is 14. The minimum atomic E-state index is -0.954. The van der Waals surface area contributed by atoms with Crippen LogP contribution in [-0.4, -0.2) is 90.6 Å². The first-order valence-electron chi connectivity index (χ1n) is 15.8. The standard InChI is InChI=1S/C24H34N2O5.C6H12N2O3.C3H8.CH4/c1-6-14-30-31-15-17-10-9-13-25(17)22(29)24(4,5)23(2,3)16-26-20(27)18-11-7-8-12-19(18)21(26)28;1-7-4-8-5(9)2-3-6(10)11;1-3-2;/h7-8,11-12,17H,6,9-10,13-16H2,1-5H3;7H,2-4H2,1H3,(H,8,9)(H,10,11);3H2,1-2H3;1H4. The molecule has 1 unspecified atom stereocenters. The van der Waals surface area contributed by atoms with Crippen molar-refractivity contribution in [2.24, 2.45) is 10.8 Å². The number of carbonyl (C=O) groups is 5. The van der Waals surface area contributed by atoms with Gasteiger partial charge in [-0.1, -0.05) is 74.4 Å². The van der Waals surface area contributed by atoms with Gasteiger partial charge < -0.3 is 20.6 Å². The maximum absolute atomic E-state index is 13.6. The van der Waals surface area contributed by atoms with Gasteiger partial charge in [0, 0.05) is 19.5 Å². The number of nitrogens with one attached hydrogen (secondary N) is 2. The lowest BCUT2D eigenvalue weighted by Crippen LogP contribution is -2.54. The van der Waals surface area contributed by atoms with E-state index in [-0.39, 0.29) is 56.5 Å². The number of amides is 4. The van der Waals surface area contributed by atoms with E-state index in [1.54, 1.807) is 31.3 Å². The predicted octanol–water partition coefficient (Wildman–Crippen LogP) is 4.88. The van der Waals surface area contributed by atoms with E-state index in [9.17, 15) is 24.0 Å². The molecule has 1 saturated heterocycles. The number of carbonyl (C=O) groups excluding carboxylic acids is 4. The molecule has 0 saturated carbocycles. The summed E-state index contributed by atoms with van der Waals surface area (Å²) < 4.78 is 0. The van der Waals surface area contributed by atoms with E-state index in [4.69, 9.17) is 14.9 Å². The normalized spacial score (nSPS) is 15.6. The Kier molecular flexibility index (Phi) is 19.2. The molecule has 46 heavy (non-hydrogen) atoms. The number of carboxylic acids is 1. The number of aliphatic carboxylic acids is 1. The first-order chi connectivity index (χ1) is 21.2. The van der Waals surface area contributed by atoms with E-state index in [0.29, 0.717) is 37.6 Å². The lowest BCUT2D eigenvalue weighted by atomic mass is 9.66. The highest BCUT2D eigenvalue weighted by Crippen LogP contribution is 2.43. The van der Waals surface area contributed by atoms with Gasteiger partial charge in [-0.2, -0.15) is 0 Å². The van der Waals surface area contributed by atoms with Crippen molar-refractivity contribution in [2.75, 3.05) is 40.0 Å². The van der Waals surface area contributed by atoms with Crippen molar-refractivity contribution in [3.63, 3.8) is 0 Å². The molecule has 1 atom stereocenters. The maximum Gasteiger partial charge on any atom is 0.303 e. The van der Waals surface area contributed by atoms with Crippen LogP contribution in [0.4, 0.5) is 0 Å². The zero-order chi connectivity index (χ0) is 34.2. The molecule has 4 amide bonds. The number of hydrogen-bond acceptors (Lipinski definition) is 8. The van der Waals surface area contributed by atoms with Crippen molar-refractivity contribution in [2.45, 2.75) is 100 Å². The summed E-state index contributed by atoms with van der Waals surface area (Å²) in [6.07, 6.45) is 3.83. The molecule has 3 N–H and O–H groups in total. The smallest absolute Gasteiger partial charge is 0.303 e. The summed E-state index contributed by atoms with van der Waals surface area (Å²) in [5.74, 6) is -1.78. The molecule has 1 aromatic carbocycles. The monoisotopic (exact) mass is 650 g/mol. The van der Waals surface area contributed by atoms with Crippen LogP contribution in [0.1, 0.15) is 115 Å². The number of fused-ring (bicyclic) bond motifs is 1. The third kappa shape index (κ3) is 12.1. The molecule has 0 spiro atoms. The lowest BCUT2D eigenvalue weighted by molar-refractivity contribution is -0.300. The van der Waals surface area contributed by atoms with Crippen LogP contribution in [0.2, 0.25) is 0 Å². The van der Waals surface area contributed by atoms with E-state index in [1.807, 2.05) is 39.5 Å². The highest BCUT2D eigenvalue weighted by atomic mass is 17.2. The summed E-state index contributed by atoms with van der Waals surface area (Å²) in [6.45, 7) is 16.0. The molecule has 1 fully saturated rings. The van der Waals surface area contributed by atoms with Gasteiger partial charge in [0.1, 0.15) is 6.61 Å². The van der Waals surface area contributed by atoms with E-state index in [2.05, 4.69) is 24.5 Å². The fraction of sp³-hybridized carbons (Fsp3) is 0.676. The fourth-order valence-corrected chi connectivity index (χ4v) is 4.67. The van der Waals surface area contributed by atoms with Crippen molar-refractivity contribution in [1.82, 2.24) is 20.4 Å². The van der Waals surface area contributed by atoms with Crippen molar-refractivity contribution < 1.29 is 38.9 Å². The zero-order valence-electron chi connectivity index (χ0n) is 28.4. The number of imide groups is 1. The average Bonchev–Trinajstić information content (AvgIpc) is 3.56. The molecule has 0 bridgehead atoms. The van der Waals surface area contributed by atoms with Crippen LogP contribution in [0.15, 0.2) is 24.3 Å². The third-order valence-corrected chi connectivity index (χ3v) is 7.96. The Morgan fingerprint density at radius 1 is 0.978 bits per heavy atom. The van der Waals surface area contributed by atoms with Gasteiger partial charge in [0.2, 0.25) is 11.8 Å². The van der Waals surface area contributed by atoms with Crippen LogP contribution < -0.4 is 10.6 Å². The number of hydrogen-bond donors (Lipinski definition) is 3. The molecule has 0 aliphatic carbocycles. The number of nitrogens with zero attached hydrogens (tertiary/aromatic N) is 2. The summed E-state index contributed by atoms with van der Waals surface area (Å²) >= 11 is 0. The Morgan fingerprint density at radius 2 is 1.54 bits per heavy atom. The van der Waals surface area contributed by atoms with Crippen molar-refractivity contribution in [3.05, 3.63) is 35.4 Å². The highest BCUT2D eigenvalue weighted by molar-refractivity contribution is 6.21. The molecular formula is C34H58N4O8. The summed E-state index contributed by atoms with van der Waals surface area (Å²) in [5.41, 5.74) is -0.577. The van der Waals surface area contributed by atoms with Gasteiger partial charge in [0.15, 0.2) is 0 Å². The second-order valence-corrected chi connectivity index (χ2v) is 12.4. The van der Waals surface area contributed by atoms with E-state index in [1.165, 1.54) is 11.3 Å². The van der Waals surface area contributed by atoms with Crippen LogP contribution in [-0.2, 0) is 24.2 Å². The van der Waals surface area contributed by atoms with Gasteiger partial charge in [-0.3, -0.25) is 28.9 Å². The van der Waals surface area contributed by atoms with Crippen LogP contribution in [0.3, 0.4) is 0 Å². The Bertz CT molecular complexity index is 1100. The Hall–Kier alpha value is -3.35. The molecule has 3 rings (SSSR count). The predicted molar refractivity (Wildman–Crippen MR) is 178 cm³/mol. The number of likely N-dealkylation sites (tertiary alicyclic amines) is 1. The van der Waals surface area contributed by atoms with Gasteiger partial charge in [-0.15, -0.1) is 0 Å². The van der Waals surface area contributed by atoms with E-state index < -0.39 is 16.8 Å². The quantitative estimate of drug-likeness (QED) is 0.0840. The SMILES string of the molecule is C.CCC.CCCOOCC1CCCN1C(=O)C(C)(C)C(C)(C)CN1C(=O)c2ccccc2C1=O.CNCNC(=O)CCC(=O)O. The largest absolute Gasteiger partial charge is 0.481 e. The second-order valence-electron chi connectivity index (χ2n) is 12.4. The van der Waals surface area contributed by atoms with Gasteiger partial charge in [-0.05, 0) is 43.9 Å². The molecule has 2 aliphatic heterocycles. The maximum atomic E-state index is 13.6. The molecule has 2 aliphatic rings. The molecule has 0 radical (unpaired) electrons. The molecule has 12 heteroatoms. The lowest BCUT2D eigenvalue weighted by Gasteiger charge is -2.44. The first kappa shape index (κ1) is 42.6. The first-order valence-corrected chi connectivity index (χ1v) is 15.8. The topological polar surface area (TPSA) is 155 Å². The summed E-state index contributed by atoms with van der Waals surface area (Å²) in [6, 6.07) is 6.83. The summed E-state index contributed by atoms with van der Waals surface area (Å²) in [4.78, 5) is 73.6. The molecule has 262 valence electrons. The second kappa shape index (κ2) is 20.7. The molecular weight excluding hydrogens is 592 g/mol. The Labute approximate surface area is 275 Å².